The fourth-order valence-corrected chi connectivity index (χ4v) is 3.01. The van der Waals surface area contributed by atoms with Gasteiger partial charge in [-0.2, -0.15) is 0 Å². The van der Waals surface area contributed by atoms with Crippen LogP contribution in [0.3, 0.4) is 0 Å². The van der Waals surface area contributed by atoms with E-state index in [1.54, 1.807) is 24.3 Å². The second-order valence-corrected chi connectivity index (χ2v) is 6.77. The molecule has 136 valence electrons. The summed E-state index contributed by atoms with van der Waals surface area (Å²) < 4.78 is 0. The smallest absolute Gasteiger partial charge is 0.253 e. The maximum Gasteiger partial charge on any atom is 0.253 e. The van der Waals surface area contributed by atoms with Crippen LogP contribution in [0.4, 0.5) is 5.69 Å². The Bertz CT molecular complexity index is 754. The van der Waals surface area contributed by atoms with E-state index in [-0.39, 0.29) is 18.4 Å². The number of hydrogen-bond acceptors (Lipinski definition) is 3. The summed E-state index contributed by atoms with van der Waals surface area (Å²) in [6.07, 6.45) is 2.16. The van der Waals surface area contributed by atoms with Crippen molar-refractivity contribution in [3.05, 3.63) is 64.7 Å². The number of hydrogen-bond donors (Lipinski definition) is 2. The largest absolute Gasteiger partial charge is 0.376 e. The SMILES string of the molecule is O=C(CNc1ccc(C(=O)N2CCCC2)cc1)NCc1ccc(Cl)cc1. The summed E-state index contributed by atoms with van der Waals surface area (Å²) in [6.45, 7) is 2.31. The van der Waals surface area contributed by atoms with Crippen molar-refractivity contribution in [2.45, 2.75) is 19.4 Å². The van der Waals surface area contributed by atoms with Gasteiger partial charge >= 0.3 is 0 Å². The summed E-state index contributed by atoms with van der Waals surface area (Å²) in [7, 11) is 0. The third-order valence-corrected chi connectivity index (χ3v) is 4.63. The predicted octanol–water partition coefficient (Wildman–Crippen LogP) is 3.30. The van der Waals surface area contributed by atoms with E-state index < -0.39 is 0 Å². The van der Waals surface area contributed by atoms with Crippen molar-refractivity contribution in [1.82, 2.24) is 10.2 Å². The topological polar surface area (TPSA) is 61.4 Å². The van der Waals surface area contributed by atoms with E-state index in [0.29, 0.717) is 17.1 Å². The first-order valence-electron chi connectivity index (χ1n) is 8.76. The van der Waals surface area contributed by atoms with Crippen LogP contribution >= 0.6 is 11.6 Å². The molecule has 1 heterocycles. The lowest BCUT2D eigenvalue weighted by Gasteiger charge is -2.15. The van der Waals surface area contributed by atoms with E-state index in [1.165, 1.54) is 0 Å². The maximum atomic E-state index is 12.3. The molecule has 3 rings (SSSR count). The molecule has 26 heavy (non-hydrogen) atoms. The van der Waals surface area contributed by atoms with Crippen molar-refractivity contribution in [1.29, 1.82) is 0 Å². The summed E-state index contributed by atoms with van der Waals surface area (Å²) >= 11 is 5.84. The number of nitrogens with one attached hydrogen (secondary N) is 2. The fourth-order valence-electron chi connectivity index (χ4n) is 2.88. The van der Waals surface area contributed by atoms with E-state index >= 15 is 0 Å². The van der Waals surface area contributed by atoms with Gasteiger partial charge < -0.3 is 15.5 Å². The molecule has 0 radical (unpaired) electrons. The van der Waals surface area contributed by atoms with E-state index in [2.05, 4.69) is 10.6 Å². The van der Waals surface area contributed by atoms with Gasteiger partial charge in [0.15, 0.2) is 0 Å². The Morgan fingerprint density at radius 1 is 0.962 bits per heavy atom. The number of likely N-dealkylation sites (tertiary alicyclic amines) is 1. The minimum atomic E-state index is -0.0998. The zero-order valence-corrected chi connectivity index (χ0v) is 15.3. The molecular formula is C20H22ClN3O2. The van der Waals surface area contributed by atoms with Crippen LogP contribution < -0.4 is 10.6 Å². The first-order valence-corrected chi connectivity index (χ1v) is 9.14. The second-order valence-electron chi connectivity index (χ2n) is 6.33. The lowest BCUT2D eigenvalue weighted by molar-refractivity contribution is -0.119. The highest BCUT2D eigenvalue weighted by molar-refractivity contribution is 6.30. The van der Waals surface area contributed by atoms with E-state index in [9.17, 15) is 9.59 Å². The molecule has 1 aliphatic rings. The van der Waals surface area contributed by atoms with Crippen LogP contribution in [0.15, 0.2) is 48.5 Å². The van der Waals surface area contributed by atoms with Gasteiger partial charge in [0.1, 0.15) is 0 Å². The molecule has 0 aliphatic carbocycles. The number of carbonyl (C=O) groups is 2. The molecule has 0 spiro atoms. The Kier molecular flexibility index (Phi) is 6.12. The van der Waals surface area contributed by atoms with Gasteiger partial charge in [0.2, 0.25) is 5.91 Å². The Morgan fingerprint density at radius 3 is 2.27 bits per heavy atom. The minimum Gasteiger partial charge on any atom is -0.376 e. The minimum absolute atomic E-state index is 0.0785. The monoisotopic (exact) mass is 371 g/mol. The second kappa shape index (κ2) is 8.72. The normalized spacial score (nSPS) is 13.5. The van der Waals surface area contributed by atoms with Crippen LogP contribution in [0.25, 0.3) is 0 Å². The Balaban J connectivity index is 1.44. The first kappa shape index (κ1) is 18.3. The molecule has 0 atom stereocenters. The highest BCUT2D eigenvalue weighted by Crippen LogP contribution is 2.15. The van der Waals surface area contributed by atoms with Crippen molar-refractivity contribution in [2.75, 3.05) is 25.0 Å². The van der Waals surface area contributed by atoms with Crippen LogP contribution in [0, 0.1) is 0 Å². The Labute approximate surface area is 158 Å². The molecule has 2 aromatic carbocycles. The maximum absolute atomic E-state index is 12.3. The van der Waals surface area contributed by atoms with E-state index in [0.717, 1.165) is 37.2 Å². The molecule has 2 aromatic rings. The van der Waals surface area contributed by atoms with Gasteiger partial charge in [0, 0.05) is 35.9 Å². The molecule has 2 N–H and O–H groups in total. The fraction of sp³-hybridized carbons (Fsp3) is 0.300. The van der Waals surface area contributed by atoms with Crippen LogP contribution in [-0.4, -0.2) is 36.3 Å². The number of nitrogens with zero attached hydrogens (tertiary/aromatic N) is 1. The standard InChI is InChI=1S/C20H22ClN3O2/c21-17-7-3-15(4-8-17)13-23-19(25)14-22-18-9-5-16(6-10-18)20(26)24-11-1-2-12-24/h3-10,22H,1-2,11-14H2,(H,23,25). The molecule has 1 fully saturated rings. The van der Waals surface area contributed by atoms with Crippen LogP contribution in [0.1, 0.15) is 28.8 Å². The number of anilines is 1. The Morgan fingerprint density at radius 2 is 1.62 bits per heavy atom. The highest BCUT2D eigenvalue weighted by Gasteiger charge is 2.19. The molecule has 5 nitrogen and oxygen atoms in total. The average molecular weight is 372 g/mol. The molecule has 6 heteroatoms. The third-order valence-electron chi connectivity index (χ3n) is 4.38. The zero-order valence-electron chi connectivity index (χ0n) is 14.5. The molecule has 0 bridgehead atoms. The van der Waals surface area contributed by atoms with Gasteiger partial charge in [0.05, 0.1) is 6.54 Å². The molecule has 0 aromatic heterocycles. The van der Waals surface area contributed by atoms with Crippen LogP contribution in [-0.2, 0) is 11.3 Å². The average Bonchev–Trinajstić information content (AvgIpc) is 3.20. The van der Waals surface area contributed by atoms with Gasteiger partial charge in [-0.25, -0.2) is 0 Å². The lowest BCUT2D eigenvalue weighted by atomic mass is 10.2. The quantitative estimate of drug-likeness (QED) is 0.819. The molecular weight excluding hydrogens is 350 g/mol. The lowest BCUT2D eigenvalue weighted by Crippen LogP contribution is -2.29. The van der Waals surface area contributed by atoms with E-state index in [1.807, 2.05) is 29.2 Å². The van der Waals surface area contributed by atoms with Crippen LogP contribution in [0.2, 0.25) is 5.02 Å². The number of carbonyl (C=O) groups excluding carboxylic acids is 2. The molecule has 0 unspecified atom stereocenters. The van der Waals surface area contributed by atoms with Crippen LogP contribution in [0.5, 0.6) is 0 Å². The summed E-state index contributed by atoms with van der Waals surface area (Å²) in [6, 6.07) is 14.6. The zero-order chi connectivity index (χ0) is 18.4. The molecule has 0 saturated carbocycles. The number of rotatable bonds is 6. The van der Waals surface area contributed by atoms with Gasteiger partial charge in [-0.3, -0.25) is 9.59 Å². The van der Waals surface area contributed by atoms with Gasteiger partial charge in [-0.1, -0.05) is 23.7 Å². The summed E-state index contributed by atoms with van der Waals surface area (Å²) in [4.78, 5) is 26.1. The van der Waals surface area contributed by atoms with Crippen molar-refractivity contribution in [3.63, 3.8) is 0 Å². The number of halogens is 1. The van der Waals surface area contributed by atoms with Gasteiger partial charge in [-0.15, -0.1) is 0 Å². The summed E-state index contributed by atoms with van der Waals surface area (Å²) in [5.41, 5.74) is 2.49. The number of amides is 2. The molecule has 1 saturated heterocycles. The van der Waals surface area contributed by atoms with Crippen molar-refractivity contribution >= 4 is 29.1 Å². The summed E-state index contributed by atoms with van der Waals surface area (Å²) in [5.74, 6) is -0.0214. The van der Waals surface area contributed by atoms with Gasteiger partial charge in [0.25, 0.3) is 5.91 Å². The summed E-state index contributed by atoms with van der Waals surface area (Å²) in [5, 5.41) is 6.59. The van der Waals surface area contributed by atoms with Crippen molar-refractivity contribution in [2.24, 2.45) is 0 Å². The third kappa shape index (κ3) is 4.99. The van der Waals surface area contributed by atoms with Crippen molar-refractivity contribution < 1.29 is 9.59 Å². The predicted molar refractivity (Wildman–Crippen MR) is 103 cm³/mol. The first-order chi connectivity index (χ1) is 12.6. The van der Waals surface area contributed by atoms with Crippen molar-refractivity contribution in [3.8, 4) is 0 Å². The Hall–Kier alpha value is -2.53. The van der Waals surface area contributed by atoms with Gasteiger partial charge in [-0.05, 0) is 54.8 Å². The highest BCUT2D eigenvalue weighted by atomic mass is 35.5. The molecule has 2 amide bonds. The van der Waals surface area contributed by atoms with E-state index in [4.69, 9.17) is 11.6 Å². The number of benzene rings is 2. The molecule has 1 aliphatic heterocycles.